The quantitative estimate of drug-likeness (QED) is 0.845. The van der Waals surface area contributed by atoms with Gasteiger partial charge in [-0.2, -0.15) is 0 Å². The van der Waals surface area contributed by atoms with E-state index < -0.39 is 0 Å². The van der Waals surface area contributed by atoms with Gasteiger partial charge in [0.05, 0.1) is 11.0 Å². The van der Waals surface area contributed by atoms with Gasteiger partial charge in [-0.05, 0) is 30.5 Å². The van der Waals surface area contributed by atoms with Gasteiger partial charge in [0, 0.05) is 18.8 Å². The van der Waals surface area contributed by atoms with Gasteiger partial charge in [0.25, 0.3) is 0 Å². The van der Waals surface area contributed by atoms with E-state index in [1.807, 2.05) is 18.2 Å². The van der Waals surface area contributed by atoms with Gasteiger partial charge in [-0.3, -0.25) is 14.8 Å². The number of Topliss-reactive ketones (excluding diaryl/α,β-unsaturated/α-hetero) is 1. The molecule has 0 saturated heterocycles. The molecule has 0 aliphatic heterocycles. The standard InChI is InChI=1S/C13H14N2O2/c16-9-11(17)3-1-2-10-4-5-12-13(8-10)15-7-6-14-12/h4-8,16H,1-3,9H2. The smallest absolute Gasteiger partial charge is 0.158 e. The zero-order chi connectivity index (χ0) is 12.1. The van der Waals surface area contributed by atoms with E-state index in [2.05, 4.69) is 9.97 Å². The highest BCUT2D eigenvalue weighted by Crippen LogP contribution is 2.13. The number of aliphatic hydroxyl groups is 1. The predicted octanol–water partition coefficient (Wildman–Crippen LogP) is 1.51. The third-order valence-electron chi connectivity index (χ3n) is 2.63. The Morgan fingerprint density at radius 1 is 1.18 bits per heavy atom. The fourth-order valence-corrected chi connectivity index (χ4v) is 1.73. The van der Waals surface area contributed by atoms with E-state index >= 15 is 0 Å². The van der Waals surface area contributed by atoms with Crippen molar-refractivity contribution >= 4 is 16.8 Å². The lowest BCUT2D eigenvalue weighted by atomic mass is 10.1. The number of aliphatic hydroxyl groups excluding tert-OH is 1. The second kappa shape index (κ2) is 5.50. The molecule has 1 aromatic carbocycles. The van der Waals surface area contributed by atoms with Gasteiger partial charge in [0.2, 0.25) is 0 Å². The Kier molecular flexibility index (Phi) is 3.77. The Balaban J connectivity index is 2.02. The molecule has 88 valence electrons. The number of nitrogens with zero attached hydrogens (tertiary/aromatic N) is 2. The molecule has 0 unspecified atom stereocenters. The van der Waals surface area contributed by atoms with Gasteiger partial charge in [0.15, 0.2) is 5.78 Å². The summed E-state index contributed by atoms with van der Waals surface area (Å²) in [5.74, 6) is -0.106. The molecule has 1 heterocycles. The largest absolute Gasteiger partial charge is 0.389 e. The van der Waals surface area contributed by atoms with Crippen LogP contribution in [0.1, 0.15) is 18.4 Å². The van der Waals surface area contributed by atoms with Gasteiger partial charge < -0.3 is 5.11 Å². The normalized spacial score (nSPS) is 10.6. The van der Waals surface area contributed by atoms with E-state index in [9.17, 15) is 4.79 Å². The number of carbonyl (C=O) groups is 1. The number of aromatic nitrogens is 2. The molecule has 1 N–H and O–H groups in total. The minimum atomic E-state index is -0.358. The van der Waals surface area contributed by atoms with Crippen molar-refractivity contribution in [2.45, 2.75) is 19.3 Å². The summed E-state index contributed by atoms with van der Waals surface area (Å²) in [5.41, 5.74) is 2.89. The molecule has 0 aliphatic carbocycles. The monoisotopic (exact) mass is 230 g/mol. The van der Waals surface area contributed by atoms with Crippen LogP contribution in [0, 0.1) is 0 Å². The maximum atomic E-state index is 10.9. The van der Waals surface area contributed by atoms with Crippen molar-refractivity contribution in [1.29, 1.82) is 0 Å². The lowest BCUT2D eigenvalue weighted by molar-refractivity contribution is -0.121. The number of aryl methyl sites for hydroxylation is 1. The molecule has 0 radical (unpaired) electrons. The van der Waals surface area contributed by atoms with Crippen LogP contribution in [0.5, 0.6) is 0 Å². The summed E-state index contributed by atoms with van der Waals surface area (Å²) in [6.07, 6.45) is 5.34. The van der Waals surface area contributed by atoms with Gasteiger partial charge in [-0.1, -0.05) is 6.07 Å². The van der Waals surface area contributed by atoms with E-state index in [-0.39, 0.29) is 12.4 Å². The van der Waals surface area contributed by atoms with Crippen LogP contribution < -0.4 is 0 Å². The van der Waals surface area contributed by atoms with E-state index in [1.165, 1.54) is 0 Å². The highest BCUT2D eigenvalue weighted by atomic mass is 16.3. The zero-order valence-electron chi connectivity index (χ0n) is 9.47. The van der Waals surface area contributed by atoms with Crippen molar-refractivity contribution in [3.63, 3.8) is 0 Å². The minimum absolute atomic E-state index is 0.106. The maximum absolute atomic E-state index is 10.9. The zero-order valence-corrected chi connectivity index (χ0v) is 9.47. The third kappa shape index (κ3) is 3.07. The molecule has 2 aromatic rings. The Morgan fingerprint density at radius 2 is 1.94 bits per heavy atom. The topological polar surface area (TPSA) is 63.1 Å². The van der Waals surface area contributed by atoms with E-state index in [0.717, 1.165) is 29.4 Å². The Hall–Kier alpha value is -1.81. The van der Waals surface area contributed by atoms with Crippen LogP contribution in [0.4, 0.5) is 0 Å². The Labute approximate surface area is 99.3 Å². The molecule has 17 heavy (non-hydrogen) atoms. The van der Waals surface area contributed by atoms with Gasteiger partial charge in [-0.15, -0.1) is 0 Å². The number of carbonyl (C=O) groups excluding carboxylic acids is 1. The van der Waals surface area contributed by atoms with Crippen LogP contribution in [0.2, 0.25) is 0 Å². The second-order valence-electron chi connectivity index (χ2n) is 3.93. The molecule has 0 spiro atoms. The summed E-state index contributed by atoms with van der Waals surface area (Å²) in [6, 6.07) is 5.93. The predicted molar refractivity (Wildman–Crippen MR) is 64.6 cm³/mol. The highest BCUT2D eigenvalue weighted by Gasteiger charge is 2.01. The van der Waals surface area contributed by atoms with Crippen LogP contribution in [-0.2, 0) is 11.2 Å². The van der Waals surface area contributed by atoms with Gasteiger partial charge >= 0.3 is 0 Å². The summed E-state index contributed by atoms with van der Waals surface area (Å²) in [5, 5.41) is 8.61. The number of benzene rings is 1. The molecule has 0 fully saturated rings. The molecule has 0 saturated carbocycles. The second-order valence-corrected chi connectivity index (χ2v) is 3.93. The first-order valence-corrected chi connectivity index (χ1v) is 5.62. The van der Waals surface area contributed by atoms with Crippen molar-refractivity contribution in [2.24, 2.45) is 0 Å². The number of ketones is 1. The molecular weight excluding hydrogens is 216 g/mol. The first kappa shape index (κ1) is 11.7. The molecule has 0 amide bonds. The summed E-state index contributed by atoms with van der Waals surface area (Å²) < 4.78 is 0. The molecule has 4 heteroatoms. The Bertz CT molecular complexity index is 526. The molecule has 1 aromatic heterocycles. The van der Waals surface area contributed by atoms with Crippen molar-refractivity contribution in [2.75, 3.05) is 6.61 Å². The first-order valence-electron chi connectivity index (χ1n) is 5.62. The molecule has 0 aliphatic rings. The van der Waals surface area contributed by atoms with Crippen LogP contribution in [0.3, 0.4) is 0 Å². The number of rotatable bonds is 5. The van der Waals surface area contributed by atoms with Crippen LogP contribution in [0.25, 0.3) is 11.0 Å². The molecule has 2 rings (SSSR count). The highest BCUT2D eigenvalue weighted by molar-refractivity contribution is 5.79. The lowest BCUT2D eigenvalue weighted by Gasteiger charge is -2.02. The number of hydrogen-bond donors (Lipinski definition) is 1. The summed E-state index contributed by atoms with van der Waals surface area (Å²) in [6.45, 7) is -0.358. The lowest BCUT2D eigenvalue weighted by Crippen LogP contribution is -2.03. The fraction of sp³-hybridized carbons (Fsp3) is 0.308. The van der Waals surface area contributed by atoms with E-state index in [0.29, 0.717) is 6.42 Å². The fourth-order valence-electron chi connectivity index (χ4n) is 1.73. The summed E-state index contributed by atoms with van der Waals surface area (Å²) >= 11 is 0. The number of fused-ring (bicyclic) bond motifs is 1. The van der Waals surface area contributed by atoms with E-state index in [4.69, 9.17) is 5.11 Å². The average Bonchev–Trinajstić information content (AvgIpc) is 2.38. The third-order valence-corrected chi connectivity index (χ3v) is 2.63. The van der Waals surface area contributed by atoms with Gasteiger partial charge in [0.1, 0.15) is 6.61 Å². The van der Waals surface area contributed by atoms with Crippen molar-refractivity contribution in [1.82, 2.24) is 9.97 Å². The molecule has 0 atom stereocenters. The van der Waals surface area contributed by atoms with Crippen LogP contribution >= 0.6 is 0 Å². The van der Waals surface area contributed by atoms with Crippen molar-refractivity contribution in [3.8, 4) is 0 Å². The summed E-state index contributed by atoms with van der Waals surface area (Å²) in [7, 11) is 0. The Morgan fingerprint density at radius 3 is 2.71 bits per heavy atom. The molecular formula is C13H14N2O2. The molecule has 4 nitrogen and oxygen atoms in total. The minimum Gasteiger partial charge on any atom is -0.389 e. The first-order chi connectivity index (χ1) is 8.29. The maximum Gasteiger partial charge on any atom is 0.158 e. The van der Waals surface area contributed by atoms with Gasteiger partial charge in [-0.25, -0.2) is 0 Å². The van der Waals surface area contributed by atoms with Crippen molar-refractivity contribution < 1.29 is 9.90 Å². The molecule has 0 bridgehead atoms. The van der Waals surface area contributed by atoms with Crippen molar-refractivity contribution in [3.05, 3.63) is 36.2 Å². The average molecular weight is 230 g/mol. The number of hydrogen-bond acceptors (Lipinski definition) is 4. The van der Waals surface area contributed by atoms with Crippen LogP contribution in [0.15, 0.2) is 30.6 Å². The van der Waals surface area contributed by atoms with E-state index in [1.54, 1.807) is 12.4 Å². The van der Waals surface area contributed by atoms with Crippen LogP contribution in [-0.4, -0.2) is 27.5 Å². The SMILES string of the molecule is O=C(CO)CCCc1ccc2nccnc2c1. The summed E-state index contributed by atoms with van der Waals surface area (Å²) in [4.78, 5) is 19.4.